The summed E-state index contributed by atoms with van der Waals surface area (Å²) in [5.74, 6) is 0.301. The molecule has 0 unspecified atom stereocenters. The highest BCUT2D eigenvalue weighted by molar-refractivity contribution is 5.59. The Kier molecular flexibility index (Phi) is 5.38. The molecule has 0 bridgehead atoms. The van der Waals surface area contributed by atoms with E-state index in [1.165, 1.54) is 12.1 Å². The maximum atomic E-state index is 13.1. The SMILES string of the molecule is CC(C)Nc1nc(Nc2ccnc(C3(C#N)CC3)c2)nc(-c2cccc(C(F)(F)F)n2)n1. The molecule has 0 atom stereocenters. The lowest BCUT2D eigenvalue weighted by Crippen LogP contribution is -2.15. The van der Waals surface area contributed by atoms with E-state index in [1.807, 2.05) is 13.8 Å². The van der Waals surface area contributed by atoms with Gasteiger partial charge in [-0.1, -0.05) is 6.07 Å². The molecule has 3 aromatic rings. The molecule has 0 aliphatic heterocycles. The third-order valence-electron chi connectivity index (χ3n) is 4.79. The van der Waals surface area contributed by atoms with E-state index in [1.54, 1.807) is 18.3 Å². The van der Waals surface area contributed by atoms with E-state index in [2.05, 4.69) is 41.6 Å². The predicted molar refractivity (Wildman–Crippen MR) is 111 cm³/mol. The number of anilines is 3. The average molecular weight is 440 g/mol. The molecule has 0 aromatic carbocycles. The van der Waals surface area contributed by atoms with Crippen molar-refractivity contribution in [1.29, 1.82) is 5.26 Å². The second kappa shape index (κ2) is 8.03. The van der Waals surface area contributed by atoms with Crippen LogP contribution >= 0.6 is 0 Å². The van der Waals surface area contributed by atoms with Crippen LogP contribution in [0.15, 0.2) is 36.5 Å². The number of hydrogen-bond donors (Lipinski definition) is 2. The van der Waals surface area contributed by atoms with Gasteiger partial charge in [0.15, 0.2) is 5.82 Å². The molecule has 0 radical (unpaired) electrons. The molecule has 3 aromatic heterocycles. The summed E-state index contributed by atoms with van der Waals surface area (Å²) in [7, 11) is 0. The van der Waals surface area contributed by atoms with Gasteiger partial charge in [-0.2, -0.15) is 33.4 Å². The molecule has 0 saturated heterocycles. The Morgan fingerprint density at radius 3 is 2.47 bits per heavy atom. The van der Waals surface area contributed by atoms with E-state index in [4.69, 9.17) is 0 Å². The standard InChI is InChI=1S/C21H19F3N8/c1-12(2)27-18-30-17(14-4-3-5-15(29-14)21(22,23)24)31-19(32-18)28-13-6-9-26-16(10-13)20(11-25)7-8-20/h3-6,9-10,12H,7-8H2,1-2H3,(H2,26,27,28,30,31,32). The number of halogens is 3. The van der Waals surface area contributed by atoms with E-state index in [0.717, 1.165) is 18.9 Å². The minimum Gasteiger partial charge on any atom is -0.352 e. The topological polar surface area (TPSA) is 112 Å². The van der Waals surface area contributed by atoms with Gasteiger partial charge in [-0.05, 0) is 51.0 Å². The van der Waals surface area contributed by atoms with Crippen molar-refractivity contribution in [3.8, 4) is 17.6 Å². The molecule has 32 heavy (non-hydrogen) atoms. The van der Waals surface area contributed by atoms with Crippen molar-refractivity contribution in [2.45, 2.75) is 44.3 Å². The van der Waals surface area contributed by atoms with Gasteiger partial charge in [0, 0.05) is 17.9 Å². The number of alkyl halides is 3. The highest BCUT2D eigenvalue weighted by atomic mass is 19.4. The fourth-order valence-electron chi connectivity index (χ4n) is 3.04. The van der Waals surface area contributed by atoms with Gasteiger partial charge in [0.25, 0.3) is 0 Å². The number of nitriles is 1. The maximum absolute atomic E-state index is 13.1. The molecule has 1 aliphatic carbocycles. The van der Waals surface area contributed by atoms with Crippen molar-refractivity contribution in [3.05, 3.63) is 47.9 Å². The van der Waals surface area contributed by atoms with Crippen LogP contribution in [0.3, 0.4) is 0 Å². The molecule has 0 spiro atoms. The minimum absolute atomic E-state index is 0.0123. The molecule has 2 N–H and O–H groups in total. The maximum Gasteiger partial charge on any atom is 0.433 e. The van der Waals surface area contributed by atoms with Crippen LogP contribution < -0.4 is 10.6 Å². The number of nitrogens with one attached hydrogen (secondary N) is 2. The smallest absolute Gasteiger partial charge is 0.352 e. The highest BCUT2D eigenvalue weighted by Crippen LogP contribution is 2.47. The van der Waals surface area contributed by atoms with Crippen LogP contribution in [0.1, 0.15) is 38.1 Å². The fourth-order valence-corrected chi connectivity index (χ4v) is 3.04. The lowest BCUT2D eigenvalue weighted by molar-refractivity contribution is -0.141. The Morgan fingerprint density at radius 1 is 1.06 bits per heavy atom. The molecule has 8 nitrogen and oxygen atoms in total. The predicted octanol–water partition coefficient (Wildman–Crippen LogP) is 4.47. The lowest BCUT2D eigenvalue weighted by atomic mass is 10.0. The van der Waals surface area contributed by atoms with Crippen molar-refractivity contribution in [3.63, 3.8) is 0 Å². The van der Waals surface area contributed by atoms with E-state index in [9.17, 15) is 18.4 Å². The molecular weight excluding hydrogens is 421 g/mol. The van der Waals surface area contributed by atoms with Gasteiger partial charge >= 0.3 is 6.18 Å². The number of nitrogens with zero attached hydrogens (tertiary/aromatic N) is 6. The van der Waals surface area contributed by atoms with Gasteiger partial charge in [0.05, 0.1) is 17.2 Å². The average Bonchev–Trinajstić information content (AvgIpc) is 3.54. The molecule has 0 amide bonds. The van der Waals surface area contributed by atoms with Gasteiger partial charge < -0.3 is 10.6 Å². The zero-order valence-corrected chi connectivity index (χ0v) is 17.3. The summed E-state index contributed by atoms with van der Waals surface area (Å²) in [6.07, 6.45) is -1.51. The van der Waals surface area contributed by atoms with Crippen molar-refractivity contribution >= 4 is 17.6 Å². The monoisotopic (exact) mass is 440 g/mol. The van der Waals surface area contributed by atoms with Crippen LogP contribution in [-0.4, -0.2) is 31.0 Å². The van der Waals surface area contributed by atoms with Crippen LogP contribution in [0.25, 0.3) is 11.5 Å². The summed E-state index contributed by atoms with van der Waals surface area (Å²) < 4.78 is 39.3. The second-order valence-corrected chi connectivity index (χ2v) is 7.76. The molecule has 4 rings (SSSR count). The molecule has 1 saturated carbocycles. The zero-order chi connectivity index (χ0) is 22.9. The fraction of sp³-hybridized carbons (Fsp3) is 0.333. The summed E-state index contributed by atoms with van der Waals surface area (Å²) in [4.78, 5) is 20.8. The molecule has 1 fully saturated rings. The first-order valence-corrected chi connectivity index (χ1v) is 9.91. The van der Waals surface area contributed by atoms with Crippen LogP contribution in [0.2, 0.25) is 0 Å². The normalized spacial score (nSPS) is 14.7. The molecule has 1 aliphatic rings. The number of rotatable bonds is 6. The molecule has 164 valence electrons. The van der Waals surface area contributed by atoms with Crippen LogP contribution in [-0.2, 0) is 11.6 Å². The Morgan fingerprint density at radius 2 is 1.81 bits per heavy atom. The third kappa shape index (κ3) is 4.59. The van der Waals surface area contributed by atoms with Crippen molar-refractivity contribution in [2.24, 2.45) is 0 Å². The first kappa shape index (κ1) is 21.4. The van der Waals surface area contributed by atoms with Gasteiger partial charge in [-0.15, -0.1) is 0 Å². The minimum atomic E-state index is -4.59. The van der Waals surface area contributed by atoms with Crippen molar-refractivity contribution in [1.82, 2.24) is 24.9 Å². The zero-order valence-electron chi connectivity index (χ0n) is 17.3. The number of pyridine rings is 2. The summed E-state index contributed by atoms with van der Waals surface area (Å²) in [5, 5.41) is 15.5. The third-order valence-corrected chi connectivity index (χ3v) is 4.79. The summed E-state index contributed by atoms with van der Waals surface area (Å²) in [6, 6.07) is 9.26. The molecular formula is C21H19F3N8. The first-order chi connectivity index (χ1) is 15.2. The van der Waals surface area contributed by atoms with E-state index >= 15 is 0 Å². The van der Waals surface area contributed by atoms with Crippen molar-refractivity contribution in [2.75, 3.05) is 10.6 Å². The largest absolute Gasteiger partial charge is 0.433 e. The van der Waals surface area contributed by atoms with E-state index in [-0.39, 0.29) is 29.5 Å². The first-order valence-electron chi connectivity index (χ1n) is 9.91. The van der Waals surface area contributed by atoms with Gasteiger partial charge in [0.2, 0.25) is 11.9 Å². The molecule has 3 heterocycles. The van der Waals surface area contributed by atoms with Crippen LogP contribution in [0.4, 0.5) is 30.8 Å². The number of aromatic nitrogens is 5. The van der Waals surface area contributed by atoms with Crippen molar-refractivity contribution < 1.29 is 13.2 Å². The second-order valence-electron chi connectivity index (χ2n) is 7.76. The Balaban J connectivity index is 1.71. The summed E-state index contributed by atoms with van der Waals surface area (Å²) in [6.45, 7) is 3.76. The Bertz CT molecular complexity index is 1180. The van der Waals surface area contributed by atoms with Gasteiger partial charge in [-0.25, -0.2) is 4.98 Å². The van der Waals surface area contributed by atoms with Crippen LogP contribution in [0, 0.1) is 11.3 Å². The lowest BCUT2D eigenvalue weighted by Gasteiger charge is -2.13. The summed E-state index contributed by atoms with van der Waals surface area (Å²) in [5.41, 5.74) is -0.378. The highest BCUT2D eigenvalue weighted by Gasteiger charge is 2.46. The van der Waals surface area contributed by atoms with E-state index < -0.39 is 17.3 Å². The Hall–Kier alpha value is -3.81. The van der Waals surface area contributed by atoms with Gasteiger partial charge in [0.1, 0.15) is 11.4 Å². The summed E-state index contributed by atoms with van der Waals surface area (Å²) >= 11 is 0. The molecule has 11 heteroatoms. The van der Waals surface area contributed by atoms with Gasteiger partial charge in [-0.3, -0.25) is 4.98 Å². The Labute approximate surface area is 182 Å². The van der Waals surface area contributed by atoms with E-state index in [0.29, 0.717) is 11.4 Å². The quantitative estimate of drug-likeness (QED) is 0.578. The number of hydrogen-bond acceptors (Lipinski definition) is 8. The van der Waals surface area contributed by atoms with Crippen LogP contribution in [0.5, 0.6) is 0 Å².